The van der Waals surface area contributed by atoms with E-state index in [4.69, 9.17) is 0 Å². The maximum Gasteiger partial charge on any atom is 0.416 e. The average Bonchev–Trinajstić information content (AvgIpc) is 3.47. The van der Waals surface area contributed by atoms with E-state index in [0.29, 0.717) is 24.4 Å². The van der Waals surface area contributed by atoms with Gasteiger partial charge in [0.1, 0.15) is 17.5 Å². The molecule has 0 spiro atoms. The van der Waals surface area contributed by atoms with Crippen LogP contribution in [-0.2, 0) is 6.18 Å². The molecule has 2 amide bonds. The van der Waals surface area contributed by atoms with Crippen LogP contribution < -0.4 is 15.5 Å². The van der Waals surface area contributed by atoms with Gasteiger partial charge in [-0.3, -0.25) is 5.32 Å². The Morgan fingerprint density at radius 2 is 1.86 bits per heavy atom. The zero-order valence-electron chi connectivity index (χ0n) is 18.6. The molecule has 0 radical (unpaired) electrons. The fourth-order valence-electron chi connectivity index (χ4n) is 4.29. The summed E-state index contributed by atoms with van der Waals surface area (Å²) in [7, 11) is 0. The lowest BCUT2D eigenvalue weighted by Gasteiger charge is -2.26. The monoisotopic (exact) mass is 502 g/mol. The number of urea groups is 1. The lowest BCUT2D eigenvalue weighted by Crippen LogP contribution is -2.25. The van der Waals surface area contributed by atoms with Gasteiger partial charge < -0.3 is 10.2 Å². The quantitative estimate of drug-likeness (QED) is 0.335. The minimum atomic E-state index is -4.54. The van der Waals surface area contributed by atoms with Crippen LogP contribution in [0.1, 0.15) is 30.0 Å². The van der Waals surface area contributed by atoms with Crippen LogP contribution in [0.25, 0.3) is 5.65 Å². The molecule has 36 heavy (non-hydrogen) atoms. The normalized spacial score (nSPS) is 15.9. The minimum Gasteiger partial charge on any atom is -0.348 e. The lowest BCUT2D eigenvalue weighted by atomic mass is 10.0. The summed E-state index contributed by atoms with van der Waals surface area (Å²) in [6.07, 6.45) is -1.84. The highest BCUT2D eigenvalue weighted by atomic mass is 19.4. The fraction of sp³-hybridized carbons (Fsp3) is 0.208. The van der Waals surface area contributed by atoms with Gasteiger partial charge >= 0.3 is 12.2 Å². The van der Waals surface area contributed by atoms with E-state index in [9.17, 15) is 26.7 Å². The highest BCUT2D eigenvalue weighted by Crippen LogP contribution is 2.37. The van der Waals surface area contributed by atoms with Crippen LogP contribution in [0.15, 0.2) is 60.8 Å². The summed E-state index contributed by atoms with van der Waals surface area (Å²) in [5, 5.41) is 9.41. The standard InChI is InChI=1S/C24H19F5N6O/c25-15-6-7-18(26)17(12-15)19-5-2-10-34(19)21-9-8-20-30-13-22(35(20)33-21)32-23(36)31-16-4-1-3-14(11-16)24(27,28)29/h1,3-4,6-9,11-13,19H,2,5,10H2,(H2,31,32,36)/t19-/m1/s1. The lowest BCUT2D eigenvalue weighted by molar-refractivity contribution is -0.137. The molecule has 0 saturated carbocycles. The first-order valence-electron chi connectivity index (χ1n) is 11.0. The number of amides is 2. The van der Waals surface area contributed by atoms with Gasteiger partial charge in [-0.15, -0.1) is 5.10 Å². The molecule has 4 aromatic rings. The van der Waals surface area contributed by atoms with Gasteiger partial charge in [-0.1, -0.05) is 6.07 Å². The molecule has 1 aliphatic heterocycles. The van der Waals surface area contributed by atoms with Crippen molar-refractivity contribution in [2.45, 2.75) is 25.1 Å². The van der Waals surface area contributed by atoms with Gasteiger partial charge in [-0.2, -0.15) is 17.7 Å². The van der Waals surface area contributed by atoms with Crippen molar-refractivity contribution >= 4 is 29.0 Å². The zero-order chi connectivity index (χ0) is 25.4. The summed E-state index contributed by atoms with van der Waals surface area (Å²) in [6.45, 7) is 0.562. The van der Waals surface area contributed by atoms with Gasteiger partial charge in [0.2, 0.25) is 0 Å². The maximum absolute atomic E-state index is 14.4. The Morgan fingerprint density at radius 3 is 2.67 bits per heavy atom. The maximum atomic E-state index is 14.4. The molecule has 2 aromatic carbocycles. The zero-order valence-corrected chi connectivity index (χ0v) is 18.6. The Kier molecular flexibility index (Phi) is 5.94. The molecule has 186 valence electrons. The topological polar surface area (TPSA) is 74.6 Å². The number of anilines is 3. The summed E-state index contributed by atoms with van der Waals surface area (Å²) in [6, 6.07) is 9.74. The van der Waals surface area contributed by atoms with Crippen molar-refractivity contribution in [3.63, 3.8) is 0 Å². The van der Waals surface area contributed by atoms with E-state index in [1.807, 2.05) is 4.90 Å². The summed E-state index contributed by atoms with van der Waals surface area (Å²) in [5.74, 6) is -0.405. The number of nitrogens with zero attached hydrogens (tertiary/aromatic N) is 4. The van der Waals surface area contributed by atoms with E-state index in [2.05, 4.69) is 20.7 Å². The number of benzene rings is 2. The van der Waals surface area contributed by atoms with E-state index in [-0.39, 0.29) is 17.1 Å². The summed E-state index contributed by atoms with van der Waals surface area (Å²) >= 11 is 0. The fourth-order valence-corrected chi connectivity index (χ4v) is 4.29. The molecule has 1 saturated heterocycles. The SMILES string of the molecule is O=C(Nc1cccc(C(F)(F)F)c1)Nc1cnc2ccc(N3CCC[C@@H]3c3cc(F)ccc3F)nn12. The van der Waals surface area contributed by atoms with Crippen LogP contribution in [0.5, 0.6) is 0 Å². The molecule has 1 atom stereocenters. The Labute approximate surface area is 201 Å². The number of hydrogen-bond donors (Lipinski definition) is 2. The predicted octanol–water partition coefficient (Wildman–Crippen LogP) is 6.01. The predicted molar refractivity (Wildman–Crippen MR) is 123 cm³/mol. The Bertz CT molecular complexity index is 1440. The third-order valence-electron chi connectivity index (χ3n) is 5.90. The molecular weight excluding hydrogens is 483 g/mol. The molecular formula is C24H19F5N6O. The number of imidazole rings is 1. The van der Waals surface area contributed by atoms with Gasteiger partial charge in [0.05, 0.1) is 17.8 Å². The first kappa shape index (κ1) is 23.5. The number of hydrogen-bond acceptors (Lipinski definition) is 4. The van der Waals surface area contributed by atoms with Gasteiger partial charge in [0.15, 0.2) is 11.5 Å². The van der Waals surface area contributed by atoms with Crippen molar-refractivity contribution in [1.82, 2.24) is 14.6 Å². The summed E-state index contributed by atoms with van der Waals surface area (Å²) in [4.78, 5) is 18.5. The van der Waals surface area contributed by atoms with E-state index in [1.165, 1.54) is 28.9 Å². The third kappa shape index (κ3) is 4.66. The van der Waals surface area contributed by atoms with Crippen molar-refractivity contribution < 1.29 is 26.7 Å². The molecule has 0 unspecified atom stereocenters. The largest absolute Gasteiger partial charge is 0.416 e. The average molecular weight is 502 g/mol. The molecule has 1 aliphatic rings. The van der Waals surface area contributed by atoms with E-state index in [1.54, 1.807) is 12.1 Å². The van der Waals surface area contributed by atoms with Crippen molar-refractivity contribution in [2.75, 3.05) is 22.1 Å². The number of rotatable bonds is 4. The number of fused-ring (bicyclic) bond motifs is 1. The second kappa shape index (κ2) is 9.10. The number of nitrogens with one attached hydrogen (secondary N) is 2. The van der Waals surface area contributed by atoms with Crippen molar-refractivity contribution in [3.8, 4) is 0 Å². The van der Waals surface area contributed by atoms with E-state index < -0.39 is 35.4 Å². The van der Waals surface area contributed by atoms with Gasteiger partial charge in [-0.05, 0) is 61.4 Å². The summed E-state index contributed by atoms with van der Waals surface area (Å²) in [5.41, 5.74) is -0.294. The Balaban J connectivity index is 1.38. The van der Waals surface area contributed by atoms with Crippen LogP contribution >= 0.6 is 0 Å². The third-order valence-corrected chi connectivity index (χ3v) is 5.90. The molecule has 2 aromatic heterocycles. The smallest absolute Gasteiger partial charge is 0.348 e. The first-order chi connectivity index (χ1) is 17.2. The Hall–Kier alpha value is -4.22. The number of alkyl halides is 3. The number of aromatic nitrogens is 3. The van der Waals surface area contributed by atoms with Crippen molar-refractivity contribution in [1.29, 1.82) is 0 Å². The highest BCUT2D eigenvalue weighted by molar-refractivity contribution is 5.99. The molecule has 1 fully saturated rings. The van der Waals surface area contributed by atoms with Crippen LogP contribution in [-0.4, -0.2) is 27.2 Å². The molecule has 0 aliphatic carbocycles. The number of halogens is 5. The van der Waals surface area contributed by atoms with Crippen molar-refractivity contribution in [3.05, 3.63) is 83.6 Å². The number of carbonyl (C=O) groups excluding carboxylic acids is 1. The first-order valence-corrected chi connectivity index (χ1v) is 11.0. The van der Waals surface area contributed by atoms with Crippen LogP contribution in [0.2, 0.25) is 0 Å². The van der Waals surface area contributed by atoms with Gasteiger partial charge in [0.25, 0.3) is 0 Å². The molecule has 5 rings (SSSR count). The Morgan fingerprint density at radius 1 is 1.03 bits per heavy atom. The minimum absolute atomic E-state index is 0.0400. The van der Waals surface area contributed by atoms with Crippen LogP contribution in [0.4, 0.5) is 44.1 Å². The molecule has 0 bridgehead atoms. The second-order valence-electron chi connectivity index (χ2n) is 8.28. The van der Waals surface area contributed by atoms with Gasteiger partial charge in [0, 0.05) is 17.8 Å². The van der Waals surface area contributed by atoms with Crippen molar-refractivity contribution in [2.24, 2.45) is 0 Å². The summed E-state index contributed by atoms with van der Waals surface area (Å²) < 4.78 is 68.4. The molecule has 12 heteroatoms. The van der Waals surface area contributed by atoms with E-state index in [0.717, 1.165) is 30.7 Å². The molecule has 7 nitrogen and oxygen atoms in total. The second-order valence-corrected chi connectivity index (χ2v) is 8.28. The van der Waals surface area contributed by atoms with Gasteiger partial charge in [-0.25, -0.2) is 18.6 Å². The molecule has 3 heterocycles. The van der Waals surface area contributed by atoms with Crippen LogP contribution in [0.3, 0.4) is 0 Å². The van der Waals surface area contributed by atoms with Crippen LogP contribution in [0, 0.1) is 11.6 Å². The molecule has 2 N–H and O–H groups in total. The highest BCUT2D eigenvalue weighted by Gasteiger charge is 2.31. The number of carbonyl (C=O) groups is 1. The van der Waals surface area contributed by atoms with E-state index >= 15 is 0 Å².